The molecule has 0 radical (unpaired) electrons. The topological polar surface area (TPSA) is 78.9 Å². The molecule has 3 aliphatic rings. The van der Waals surface area contributed by atoms with Crippen molar-refractivity contribution < 1.29 is 13.2 Å². The van der Waals surface area contributed by atoms with Gasteiger partial charge in [-0.25, -0.2) is 8.42 Å². The first-order valence-corrected chi connectivity index (χ1v) is 15.7. The number of aromatic nitrogens is 2. The van der Waals surface area contributed by atoms with Crippen LogP contribution in [0.25, 0.3) is 10.8 Å². The van der Waals surface area contributed by atoms with E-state index in [1.165, 1.54) is 6.42 Å². The molecule has 0 unspecified atom stereocenters. The van der Waals surface area contributed by atoms with Crippen molar-refractivity contribution in [1.82, 2.24) is 14.9 Å². The fourth-order valence-electron chi connectivity index (χ4n) is 6.07. The summed E-state index contributed by atoms with van der Waals surface area (Å²) in [6.07, 6.45) is 3.06. The molecule has 1 atom stereocenters. The largest absolute Gasteiger partial charge is 0.462 e. The van der Waals surface area contributed by atoms with Crippen LogP contribution in [0.2, 0.25) is 5.02 Å². The molecule has 1 aromatic heterocycles. The minimum absolute atomic E-state index is 0.0630. The Hall–Kier alpha value is -2.88. The van der Waals surface area contributed by atoms with Crippen molar-refractivity contribution in [2.45, 2.75) is 31.8 Å². The molecule has 0 spiro atoms. The minimum atomic E-state index is -3.24. The van der Waals surface area contributed by atoms with Gasteiger partial charge in [0.25, 0.3) is 0 Å². The van der Waals surface area contributed by atoms with E-state index in [1.54, 1.807) is 0 Å². The Morgan fingerprint density at radius 3 is 2.67 bits per heavy atom. The Labute approximate surface area is 235 Å². The number of sulfone groups is 1. The lowest BCUT2D eigenvalue weighted by atomic mass is 9.98. The normalized spacial score (nSPS) is 20.2. The maximum absolute atomic E-state index is 12.1. The zero-order valence-corrected chi connectivity index (χ0v) is 23.8. The number of anilines is 2. The highest BCUT2D eigenvalue weighted by atomic mass is 35.5. The van der Waals surface area contributed by atoms with Crippen molar-refractivity contribution in [3.63, 3.8) is 0 Å². The summed E-state index contributed by atoms with van der Waals surface area (Å²) in [6, 6.07) is 13.0. The molecular weight excluding hydrogens is 534 g/mol. The van der Waals surface area contributed by atoms with Crippen LogP contribution in [-0.2, 0) is 22.8 Å². The van der Waals surface area contributed by atoms with Gasteiger partial charge in [-0.3, -0.25) is 0 Å². The molecule has 0 N–H and O–H groups in total. The summed E-state index contributed by atoms with van der Waals surface area (Å²) in [5, 5.41) is 3.96. The molecule has 0 bridgehead atoms. The van der Waals surface area contributed by atoms with Gasteiger partial charge in [-0.1, -0.05) is 42.4 Å². The Morgan fingerprint density at radius 2 is 1.92 bits per heavy atom. The van der Waals surface area contributed by atoms with Crippen molar-refractivity contribution in [2.24, 2.45) is 5.92 Å². The lowest BCUT2D eigenvalue weighted by Gasteiger charge is -2.42. The van der Waals surface area contributed by atoms with Gasteiger partial charge in [-0.05, 0) is 50.4 Å². The van der Waals surface area contributed by atoms with E-state index in [-0.39, 0.29) is 11.7 Å². The molecule has 2 aromatic carbocycles. The van der Waals surface area contributed by atoms with Crippen LogP contribution in [0.15, 0.2) is 48.4 Å². The third kappa shape index (κ3) is 5.32. The number of nitrogens with zero attached hydrogens (tertiary/aromatic N) is 5. The van der Waals surface area contributed by atoms with Crippen LogP contribution in [0.1, 0.15) is 24.1 Å². The second kappa shape index (κ2) is 10.6. The van der Waals surface area contributed by atoms with E-state index in [4.69, 9.17) is 26.3 Å². The molecule has 0 aliphatic carbocycles. The van der Waals surface area contributed by atoms with Crippen molar-refractivity contribution in [1.29, 1.82) is 0 Å². The van der Waals surface area contributed by atoms with Crippen LogP contribution in [0, 0.1) is 5.92 Å². The monoisotopic (exact) mass is 567 g/mol. The number of likely N-dealkylation sites (N-methyl/N-ethyl adjacent to an activating group) is 1. The first kappa shape index (κ1) is 26.3. The Morgan fingerprint density at radius 1 is 1.13 bits per heavy atom. The van der Waals surface area contributed by atoms with E-state index in [1.807, 2.05) is 12.1 Å². The number of fused-ring (bicyclic) bond motifs is 2. The summed E-state index contributed by atoms with van der Waals surface area (Å²) in [4.78, 5) is 16.6. The number of hydrogen-bond acceptors (Lipinski definition) is 8. The maximum atomic E-state index is 12.1. The van der Waals surface area contributed by atoms with Crippen LogP contribution in [-0.4, -0.2) is 74.9 Å². The number of benzene rings is 2. The standard InChI is InChI=1S/C29H34ClN5O3S/c1-3-39(36,37)19-20-15-35(16-20)28-23-12-14-34(26-11-5-8-21-7-4-10-24(30)27(21)26)17-25(23)31-29(32-28)38-18-22-9-6-13-33(22)2/h3-5,7-8,10-11,20,22H,1,6,9,12-19H2,2H3/t22-/m0/s1. The van der Waals surface area contributed by atoms with Gasteiger partial charge in [-0.15, -0.1) is 0 Å². The van der Waals surface area contributed by atoms with Gasteiger partial charge in [-0.2, -0.15) is 9.97 Å². The lowest BCUT2D eigenvalue weighted by molar-refractivity contribution is 0.187. The molecule has 2 saturated heterocycles. The Bertz CT molecular complexity index is 1500. The van der Waals surface area contributed by atoms with E-state index in [0.717, 1.165) is 69.9 Å². The van der Waals surface area contributed by atoms with Gasteiger partial charge in [0.1, 0.15) is 12.4 Å². The van der Waals surface area contributed by atoms with Crippen molar-refractivity contribution in [2.75, 3.05) is 55.4 Å². The fourth-order valence-corrected chi connectivity index (χ4v) is 7.35. The molecule has 4 heterocycles. The second-order valence-corrected chi connectivity index (χ2v) is 13.3. The van der Waals surface area contributed by atoms with E-state index >= 15 is 0 Å². The number of likely N-dealkylation sites (tertiary alicyclic amines) is 1. The zero-order chi connectivity index (χ0) is 27.1. The maximum Gasteiger partial charge on any atom is 0.318 e. The van der Waals surface area contributed by atoms with Gasteiger partial charge < -0.3 is 19.4 Å². The van der Waals surface area contributed by atoms with Gasteiger partial charge in [0.15, 0.2) is 9.84 Å². The molecule has 2 fully saturated rings. The van der Waals surface area contributed by atoms with Crippen molar-refractivity contribution in [3.8, 4) is 6.01 Å². The predicted molar refractivity (Wildman–Crippen MR) is 157 cm³/mol. The molecule has 0 amide bonds. The van der Waals surface area contributed by atoms with E-state index in [9.17, 15) is 8.42 Å². The Kier molecular flexibility index (Phi) is 7.16. The van der Waals surface area contributed by atoms with Crippen LogP contribution in [0.5, 0.6) is 6.01 Å². The summed E-state index contributed by atoms with van der Waals surface area (Å²) < 4.78 is 30.3. The highest BCUT2D eigenvalue weighted by molar-refractivity contribution is 7.94. The number of halogens is 1. The Balaban J connectivity index is 1.29. The molecular formula is C29H34ClN5O3S. The number of ether oxygens (including phenoxy) is 1. The highest BCUT2D eigenvalue weighted by Crippen LogP contribution is 2.38. The second-order valence-electron chi connectivity index (χ2n) is 10.9. The molecule has 39 heavy (non-hydrogen) atoms. The number of rotatable bonds is 8. The predicted octanol–water partition coefficient (Wildman–Crippen LogP) is 4.31. The number of hydrogen-bond donors (Lipinski definition) is 0. The zero-order valence-electron chi connectivity index (χ0n) is 22.2. The van der Waals surface area contributed by atoms with Gasteiger partial charge in [0.05, 0.1) is 23.0 Å². The minimum Gasteiger partial charge on any atom is -0.462 e. The molecule has 3 aromatic rings. The summed E-state index contributed by atoms with van der Waals surface area (Å²) in [5.41, 5.74) is 3.16. The quantitative estimate of drug-likeness (QED) is 0.398. The van der Waals surface area contributed by atoms with Gasteiger partial charge >= 0.3 is 6.01 Å². The van der Waals surface area contributed by atoms with Crippen molar-refractivity contribution >= 4 is 43.7 Å². The molecule has 8 nitrogen and oxygen atoms in total. The summed E-state index contributed by atoms with van der Waals surface area (Å²) in [7, 11) is -1.11. The van der Waals surface area contributed by atoms with Crippen LogP contribution >= 0.6 is 11.6 Å². The SMILES string of the molecule is C=CS(=O)(=O)CC1CN(c2nc(OC[C@@H]3CCCN3C)nc3c2CCN(c2cccc4cccc(Cl)c24)C3)C1. The molecule has 6 rings (SSSR count). The first-order chi connectivity index (χ1) is 18.8. The van der Waals surface area contributed by atoms with Crippen molar-refractivity contribution in [3.05, 3.63) is 64.7 Å². The van der Waals surface area contributed by atoms with E-state index in [0.29, 0.717) is 38.3 Å². The third-order valence-electron chi connectivity index (χ3n) is 8.25. The van der Waals surface area contributed by atoms with Crippen LogP contribution in [0.3, 0.4) is 0 Å². The molecule has 10 heteroatoms. The smallest absolute Gasteiger partial charge is 0.318 e. The molecule has 206 valence electrons. The highest BCUT2D eigenvalue weighted by Gasteiger charge is 2.35. The summed E-state index contributed by atoms with van der Waals surface area (Å²) >= 11 is 6.65. The average molecular weight is 568 g/mol. The average Bonchev–Trinajstić information content (AvgIpc) is 3.33. The summed E-state index contributed by atoms with van der Waals surface area (Å²) in [5.74, 6) is 1.05. The van der Waals surface area contributed by atoms with Crippen LogP contribution < -0.4 is 14.5 Å². The fraction of sp³-hybridized carbons (Fsp3) is 0.448. The molecule has 3 aliphatic heterocycles. The first-order valence-electron chi connectivity index (χ1n) is 13.6. The summed E-state index contributed by atoms with van der Waals surface area (Å²) in [6.45, 7) is 7.80. The van der Waals surface area contributed by atoms with E-state index in [2.05, 4.69) is 52.6 Å². The van der Waals surface area contributed by atoms with Crippen LogP contribution in [0.4, 0.5) is 11.5 Å². The lowest BCUT2D eigenvalue weighted by Crippen LogP contribution is -2.50. The third-order valence-corrected chi connectivity index (χ3v) is 10.0. The van der Waals surface area contributed by atoms with Gasteiger partial charge in [0, 0.05) is 53.6 Å². The molecule has 0 saturated carbocycles. The van der Waals surface area contributed by atoms with E-state index < -0.39 is 9.84 Å². The van der Waals surface area contributed by atoms with Gasteiger partial charge in [0.2, 0.25) is 0 Å².